The van der Waals surface area contributed by atoms with Crippen molar-refractivity contribution >= 4 is 5.91 Å². The number of ether oxygens (including phenoxy) is 1. The number of hydrogen-bond acceptors (Lipinski definition) is 3. The van der Waals surface area contributed by atoms with Crippen molar-refractivity contribution in [2.75, 3.05) is 13.2 Å². The monoisotopic (exact) mass is 404 g/mol. The summed E-state index contributed by atoms with van der Waals surface area (Å²) in [6.45, 7) is 1.23. The summed E-state index contributed by atoms with van der Waals surface area (Å²) in [5, 5.41) is 0. The van der Waals surface area contributed by atoms with Crippen LogP contribution in [0.4, 0.5) is 4.39 Å². The van der Waals surface area contributed by atoms with Gasteiger partial charge in [-0.1, -0.05) is 24.3 Å². The second-order valence-electron chi connectivity index (χ2n) is 7.50. The molecule has 4 nitrogen and oxygen atoms in total. The van der Waals surface area contributed by atoms with Crippen LogP contribution in [0.2, 0.25) is 0 Å². The first-order chi connectivity index (χ1) is 14.7. The van der Waals surface area contributed by atoms with Gasteiger partial charge in [0.15, 0.2) is 0 Å². The molecule has 1 amide bonds. The molecule has 0 bridgehead atoms. The maximum atomic E-state index is 13.5. The molecule has 1 aliphatic rings. The number of halogens is 1. The van der Waals surface area contributed by atoms with E-state index in [9.17, 15) is 9.18 Å². The molecule has 0 spiro atoms. The molecule has 1 unspecified atom stereocenters. The van der Waals surface area contributed by atoms with Crippen molar-refractivity contribution in [3.8, 4) is 17.0 Å². The Morgan fingerprint density at radius 2 is 1.83 bits per heavy atom. The maximum Gasteiger partial charge on any atom is 0.254 e. The smallest absolute Gasteiger partial charge is 0.254 e. The van der Waals surface area contributed by atoms with E-state index >= 15 is 0 Å². The zero-order valence-electron chi connectivity index (χ0n) is 16.8. The molecule has 2 heterocycles. The zero-order valence-corrected chi connectivity index (χ0v) is 16.8. The molecule has 30 heavy (non-hydrogen) atoms. The third-order valence-corrected chi connectivity index (χ3v) is 5.52. The number of aromatic nitrogens is 1. The van der Waals surface area contributed by atoms with Crippen molar-refractivity contribution in [3.63, 3.8) is 0 Å². The summed E-state index contributed by atoms with van der Waals surface area (Å²) in [4.78, 5) is 19.9. The number of hydrogen-bond donors (Lipinski definition) is 0. The summed E-state index contributed by atoms with van der Waals surface area (Å²) in [6, 6.07) is 19.6. The van der Waals surface area contributed by atoms with Crippen LogP contribution in [-0.4, -0.2) is 35.0 Å². The number of pyridine rings is 1. The van der Waals surface area contributed by atoms with Gasteiger partial charge < -0.3 is 9.64 Å². The zero-order chi connectivity index (χ0) is 20.8. The van der Waals surface area contributed by atoms with Gasteiger partial charge in [0.05, 0.1) is 12.3 Å². The quantitative estimate of drug-likeness (QED) is 0.556. The second kappa shape index (κ2) is 9.53. The van der Waals surface area contributed by atoms with Crippen LogP contribution in [0, 0.1) is 5.82 Å². The van der Waals surface area contributed by atoms with Gasteiger partial charge in [-0.05, 0) is 61.7 Å². The Hall–Kier alpha value is -3.21. The fraction of sp³-hybridized carbons (Fsp3) is 0.280. The fourth-order valence-electron chi connectivity index (χ4n) is 3.98. The lowest BCUT2D eigenvalue weighted by Crippen LogP contribution is -2.44. The highest BCUT2D eigenvalue weighted by Crippen LogP contribution is 2.27. The SMILES string of the molecule is O=C(c1ccccc1-c1ccccn1)N1CCCCC1CCOc1ccc(F)cc1. The van der Waals surface area contributed by atoms with Gasteiger partial charge in [0.1, 0.15) is 11.6 Å². The van der Waals surface area contributed by atoms with E-state index in [-0.39, 0.29) is 17.8 Å². The van der Waals surface area contributed by atoms with Crippen LogP contribution < -0.4 is 4.74 Å². The molecular formula is C25H25FN2O2. The van der Waals surface area contributed by atoms with Gasteiger partial charge in [0.2, 0.25) is 0 Å². The third-order valence-electron chi connectivity index (χ3n) is 5.52. The lowest BCUT2D eigenvalue weighted by atomic mass is 9.96. The van der Waals surface area contributed by atoms with Crippen LogP contribution in [0.25, 0.3) is 11.3 Å². The minimum atomic E-state index is -0.280. The van der Waals surface area contributed by atoms with Crippen molar-refractivity contribution < 1.29 is 13.9 Å². The van der Waals surface area contributed by atoms with Gasteiger partial charge in [-0.3, -0.25) is 9.78 Å². The molecule has 1 atom stereocenters. The summed E-state index contributed by atoms with van der Waals surface area (Å²) in [5.74, 6) is 0.409. The van der Waals surface area contributed by atoms with E-state index < -0.39 is 0 Å². The molecule has 1 fully saturated rings. The summed E-state index contributed by atoms with van der Waals surface area (Å²) in [5.41, 5.74) is 2.34. The molecule has 0 saturated carbocycles. The van der Waals surface area contributed by atoms with Gasteiger partial charge >= 0.3 is 0 Å². The topological polar surface area (TPSA) is 42.4 Å². The maximum absolute atomic E-state index is 13.5. The number of carbonyl (C=O) groups excluding carboxylic acids is 1. The number of amides is 1. The van der Waals surface area contributed by atoms with Crippen LogP contribution in [0.3, 0.4) is 0 Å². The Kier molecular flexibility index (Phi) is 6.38. The molecule has 4 rings (SSSR count). The van der Waals surface area contributed by atoms with Gasteiger partial charge in [-0.15, -0.1) is 0 Å². The average molecular weight is 404 g/mol. The summed E-state index contributed by atoms with van der Waals surface area (Å²) in [7, 11) is 0. The molecule has 1 aromatic heterocycles. The van der Waals surface area contributed by atoms with Crippen molar-refractivity contribution in [1.82, 2.24) is 9.88 Å². The van der Waals surface area contributed by atoms with E-state index in [1.165, 1.54) is 12.1 Å². The van der Waals surface area contributed by atoms with E-state index in [4.69, 9.17) is 4.74 Å². The lowest BCUT2D eigenvalue weighted by Gasteiger charge is -2.36. The largest absolute Gasteiger partial charge is 0.494 e. The molecule has 5 heteroatoms. The highest BCUT2D eigenvalue weighted by Gasteiger charge is 2.28. The van der Waals surface area contributed by atoms with Gasteiger partial charge in [-0.25, -0.2) is 4.39 Å². The molecule has 154 valence electrons. The number of rotatable bonds is 6. The van der Waals surface area contributed by atoms with Crippen LogP contribution >= 0.6 is 0 Å². The average Bonchev–Trinajstić information content (AvgIpc) is 2.81. The lowest BCUT2D eigenvalue weighted by molar-refractivity contribution is 0.0581. The molecule has 0 aliphatic carbocycles. The summed E-state index contributed by atoms with van der Waals surface area (Å²) >= 11 is 0. The van der Waals surface area contributed by atoms with Crippen LogP contribution in [0.5, 0.6) is 5.75 Å². The van der Waals surface area contributed by atoms with Gasteiger partial charge in [-0.2, -0.15) is 0 Å². The number of benzene rings is 2. The van der Waals surface area contributed by atoms with Gasteiger partial charge in [0, 0.05) is 36.3 Å². The van der Waals surface area contributed by atoms with Crippen molar-refractivity contribution in [2.45, 2.75) is 31.7 Å². The normalized spacial score (nSPS) is 16.3. The highest BCUT2D eigenvalue weighted by atomic mass is 19.1. The van der Waals surface area contributed by atoms with E-state index in [0.717, 1.165) is 43.5 Å². The van der Waals surface area contributed by atoms with E-state index in [0.29, 0.717) is 17.9 Å². The number of likely N-dealkylation sites (tertiary alicyclic amines) is 1. The van der Waals surface area contributed by atoms with Crippen molar-refractivity contribution in [1.29, 1.82) is 0 Å². The van der Waals surface area contributed by atoms with Crippen molar-refractivity contribution in [3.05, 3.63) is 84.3 Å². The Balaban J connectivity index is 1.48. The van der Waals surface area contributed by atoms with Crippen LogP contribution in [0.15, 0.2) is 72.9 Å². The predicted molar refractivity (Wildman–Crippen MR) is 115 cm³/mol. The minimum Gasteiger partial charge on any atom is -0.494 e. The van der Waals surface area contributed by atoms with E-state index in [2.05, 4.69) is 4.98 Å². The standard InChI is InChI=1S/C25H25FN2O2/c26-19-11-13-21(14-12-19)30-18-15-20-7-4-6-17-28(20)25(29)23-9-2-1-8-22(23)24-10-3-5-16-27-24/h1-3,5,8-14,16,20H,4,6-7,15,17-18H2. The summed E-state index contributed by atoms with van der Waals surface area (Å²) < 4.78 is 18.8. The first-order valence-corrected chi connectivity index (χ1v) is 10.4. The Morgan fingerprint density at radius 1 is 1.03 bits per heavy atom. The number of nitrogens with zero attached hydrogens (tertiary/aromatic N) is 2. The first-order valence-electron chi connectivity index (χ1n) is 10.4. The molecule has 0 radical (unpaired) electrons. The second-order valence-corrected chi connectivity index (χ2v) is 7.50. The van der Waals surface area contributed by atoms with Gasteiger partial charge in [0.25, 0.3) is 5.91 Å². The molecular weight excluding hydrogens is 379 g/mol. The predicted octanol–water partition coefficient (Wildman–Crippen LogP) is 5.35. The Morgan fingerprint density at radius 3 is 2.63 bits per heavy atom. The van der Waals surface area contributed by atoms with E-state index in [1.54, 1.807) is 18.3 Å². The van der Waals surface area contributed by atoms with Crippen LogP contribution in [0.1, 0.15) is 36.0 Å². The van der Waals surface area contributed by atoms with E-state index in [1.807, 2.05) is 47.4 Å². The van der Waals surface area contributed by atoms with Crippen molar-refractivity contribution in [2.24, 2.45) is 0 Å². The van der Waals surface area contributed by atoms with Crippen LogP contribution in [-0.2, 0) is 0 Å². The highest BCUT2D eigenvalue weighted by molar-refractivity contribution is 6.00. The molecule has 3 aromatic rings. The fourth-order valence-corrected chi connectivity index (χ4v) is 3.98. The minimum absolute atomic E-state index is 0.0442. The Bertz CT molecular complexity index is 976. The number of piperidine rings is 1. The molecule has 1 aliphatic heterocycles. The Labute approximate surface area is 176 Å². The molecule has 1 saturated heterocycles. The summed E-state index contributed by atoms with van der Waals surface area (Å²) in [6.07, 6.45) is 5.56. The molecule has 2 aromatic carbocycles. The third kappa shape index (κ3) is 4.67. The first kappa shape index (κ1) is 20.1. The number of carbonyl (C=O) groups is 1. The molecule has 0 N–H and O–H groups in total.